The lowest BCUT2D eigenvalue weighted by atomic mass is 10.00. The fourth-order valence-corrected chi connectivity index (χ4v) is 1.11. The van der Waals surface area contributed by atoms with Gasteiger partial charge in [0.25, 0.3) is 0 Å². The van der Waals surface area contributed by atoms with Crippen molar-refractivity contribution in [2.24, 2.45) is 5.41 Å². The average Bonchev–Trinajstić information content (AvgIpc) is 2.25. The van der Waals surface area contributed by atoms with E-state index < -0.39 is 0 Å². The van der Waals surface area contributed by atoms with Crippen molar-refractivity contribution in [1.82, 2.24) is 0 Å². The van der Waals surface area contributed by atoms with Gasteiger partial charge in [-0.05, 0) is 18.3 Å². The second kappa shape index (κ2) is 0.575. The Morgan fingerprint density at radius 1 is 1.50 bits per heavy atom. The highest BCUT2D eigenvalue weighted by molar-refractivity contribution is 6.14. The van der Waals surface area contributed by atoms with Crippen LogP contribution in [0.3, 0.4) is 0 Å². The Morgan fingerprint density at radius 2 is 2.00 bits per heavy atom. The molecule has 2 aliphatic rings. The maximum absolute atomic E-state index is 5.56. The van der Waals surface area contributed by atoms with Crippen LogP contribution in [-0.4, -0.2) is 7.85 Å². The average molecular weight is 77.9 g/mol. The number of hydrogen-bond acceptors (Lipinski definition) is 0. The Labute approximate surface area is 39.3 Å². The van der Waals surface area contributed by atoms with Gasteiger partial charge in [-0.2, -0.15) is 0 Å². The van der Waals surface area contributed by atoms with Gasteiger partial charge in [0.15, 0.2) is 0 Å². The highest BCUT2D eigenvalue weighted by Gasteiger charge is 2.59. The molecule has 2 fully saturated rings. The molecule has 0 amide bonds. The molecule has 0 bridgehead atoms. The van der Waals surface area contributed by atoms with Crippen LogP contribution in [0.25, 0.3) is 0 Å². The predicted molar refractivity (Wildman–Crippen MR) is 25.8 cm³/mol. The molecule has 0 saturated heterocycles. The normalized spacial score (nSPS) is 46.3. The molecule has 2 radical (unpaired) electrons. The molecule has 2 saturated carbocycles. The summed E-state index contributed by atoms with van der Waals surface area (Å²) >= 11 is 0. The standard InChI is InChI=1S/C5H7B/c6-4-3-5(4)1-2-5/h4H,1-3H2. The van der Waals surface area contributed by atoms with Crippen LogP contribution in [0.15, 0.2) is 0 Å². The van der Waals surface area contributed by atoms with Gasteiger partial charge in [0.1, 0.15) is 0 Å². The van der Waals surface area contributed by atoms with Crippen LogP contribution in [0.2, 0.25) is 5.82 Å². The van der Waals surface area contributed by atoms with Gasteiger partial charge in [0.05, 0.1) is 7.85 Å². The number of rotatable bonds is 0. The fraction of sp³-hybridized carbons (Fsp3) is 1.00. The molecule has 1 unspecified atom stereocenters. The van der Waals surface area contributed by atoms with Gasteiger partial charge in [0, 0.05) is 0 Å². The molecule has 0 aromatic rings. The zero-order valence-electron chi connectivity index (χ0n) is 3.78. The van der Waals surface area contributed by atoms with Gasteiger partial charge in [-0.15, -0.1) is 0 Å². The van der Waals surface area contributed by atoms with Gasteiger partial charge in [-0.3, -0.25) is 0 Å². The van der Waals surface area contributed by atoms with Crippen LogP contribution in [0.5, 0.6) is 0 Å². The van der Waals surface area contributed by atoms with E-state index in [1.54, 1.807) is 0 Å². The van der Waals surface area contributed by atoms with Crippen LogP contribution < -0.4 is 0 Å². The van der Waals surface area contributed by atoms with Crippen molar-refractivity contribution >= 4 is 7.85 Å². The fourth-order valence-electron chi connectivity index (χ4n) is 1.11. The molecule has 1 atom stereocenters. The molecule has 0 nitrogen and oxygen atoms in total. The highest BCUT2D eigenvalue weighted by Crippen LogP contribution is 2.73. The first-order valence-electron chi connectivity index (χ1n) is 2.59. The van der Waals surface area contributed by atoms with E-state index in [0.717, 1.165) is 5.41 Å². The Hall–Kier alpha value is 0.0649. The summed E-state index contributed by atoms with van der Waals surface area (Å²) < 4.78 is 0. The minimum Gasteiger partial charge on any atom is -0.0713 e. The summed E-state index contributed by atoms with van der Waals surface area (Å²) in [5.74, 6) is 0.609. The molecular formula is C5H7B. The Bertz CT molecular complexity index is 83.9. The topological polar surface area (TPSA) is 0 Å². The minimum absolute atomic E-state index is 0.609. The highest BCUT2D eigenvalue weighted by atomic mass is 14.6. The monoisotopic (exact) mass is 78.1 g/mol. The van der Waals surface area contributed by atoms with Crippen molar-refractivity contribution in [2.75, 3.05) is 0 Å². The summed E-state index contributed by atoms with van der Waals surface area (Å²) in [6, 6.07) is 0. The van der Waals surface area contributed by atoms with Gasteiger partial charge in [0.2, 0.25) is 0 Å². The summed E-state index contributed by atoms with van der Waals surface area (Å²) in [5.41, 5.74) is 0.736. The summed E-state index contributed by atoms with van der Waals surface area (Å²) in [5, 5.41) is 0. The summed E-state index contributed by atoms with van der Waals surface area (Å²) in [4.78, 5) is 0. The van der Waals surface area contributed by atoms with Crippen molar-refractivity contribution in [3.63, 3.8) is 0 Å². The van der Waals surface area contributed by atoms with E-state index in [4.69, 9.17) is 7.85 Å². The third-order valence-corrected chi connectivity index (χ3v) is 2.15. The van der Waals surface area contributed by atoms with E-state index in [1.807, 2.05) is 0 Å². The van der Waals surface area contributed by atoms with Crippen LogP contribution in [0.1, 0.15) is 19.3 Å². The van der Waals surface area contributed by atoms with E-state index in [1.165, 1.54) is 19.3 Å². The third kappa shape index (κ3) is 0.193. The molecule has 0 N–H and O–H groups in total. The second-order valence-electron chi connectivity index (χ2n) is 2.67. The van der Waals surface area contributed by atoms with E-state index >= 15 is 0 Å². The third-order valence-electron chi connectivity index (χ3n) is 2.15. The number of hydrogen-bond donors (Lipinski definition) is 0. The Morgan fingerprint density at radius 3 is 2.00 bits per heavy atom. The molecule has 1 spiro atoms. The van der Waals surface area contributed by atoms with Crippen molar-refractivity contribution in [3.05, 3.63) is 0 Å². The van der Waals surface area contributed by atoms with E-state index in [9.17, 15) is 0 Å². The van der Waals surface area contributed by atoms with Crippen molar-refractivity contribution in [1.29, 1.82) is 0 Å². The summed E-state index contributed by atoms with van der Waals surface area (Å²) in [7, 11) is 5.56. The van der Waals surface area contributed by atoms with Gasteiger partial charge < -0.3 is 0 Å². The maximum Gasteiger partial charge on any atom is 0.0707 e. The van der Waals surface area contributed by atoms with E-state index in [-0.39, 0.29) is 0 Å². The molecule has 6 heavy (non-hydrogen) atoms. The molecule has 0 aromatic carbocycles. The SMILES string of the molecule is [B]C1CC12CC2. The summed E-state index contributed by atoms with van der Waals surface area (Å²) in [6.07, 6.45) is 4.18. The van der Waals surface area contributed by atoms with Crippen molar-refractivity contribution < 1.29 is 0 Å². The molecule has 0 aliphatic heterocycles. The first-order valence-corrected chi connectivity index (χ1v) is 2.59. The first kappa shape index (κ1) is 3.12. The maximum atomic E-state index is 5.56. The molecule has 0 heterocycles. The lowest BCUT2D eigenvalue weighted by molar-refractivity contribution is 0.897. The summed E-state index contributed by atoms with van der Waals surface area (Å²) in [6.45, 7) is 0. The predicted octanol–water partition coefficient (Wildman–Crippen LogP) is 1.13. The smallest absolute Gasteiger partial charge is 0.0707 e. The zero-order valence-corrected chi connectivity index (χ0v) is 3.78. The Kier molecular flexibility index (Phi) is 0.299. The lowest BCUT2D eigenvalue weighted by Gasteiger charge is -1.71. The lowest BCUT2D eigenvalue weighted by Crippen LogP contribution is -1.65. The molecule has 2 aliphatic carbocycles. The van der Waals surface area contributed by atoms with E-state index in [0.29, 0.717) is 5.82 Å². The quantitative estimate of drug-likeness (QED) is 0.381. The van der Waals surface area contributed by atoms with E-state index in [2.05, 4.69) is 0 Å². The molecule has 1 heteroatoms. The largest absolute Gasteiger partial charge is 0.0713 e. The molecule has 2 rings (SSSR count). The van der Waals surface area contributed by atoms with Crippen LogP contribution in [0, 0.1) is 5.41 Å². The minimum atomic E-state index is 0.609. The van der Waals surface area contributed by atoms with Crippen LogP contribution in [0.4, 0.5) is 0 Å². The molecule has 0 aromatic heterocycles. The van der Waals surface area contributed by atoms with Gasteiger partial charge >= 0.3 is 0 Å². The molecular weight excluding hydrogens is 70.9 g/mol. The first-order chi connectivity index (χ1) is 2.83. The van der Waals surface area contributed by atoms with Gasteiger partial charge in [-0.25, -0.2) is 0 Å². The van der Waals surface area contributed by atoms with Crippen molar-refractivity contribution in [3.8, 4) is 0 Å². The van der Waals surface area contributed by atoms with Gasteiger partial charge in [-0.1, -0.05) is 12.2 Å². The zero-order chi connectivity index (χ0) is 4.20. The molecule has 30 valence electrons. The van der Waals surface area contributed by atoms with Crippen molar-refractivity contribution in [2.45, 2.75) is 25.1 Å². The Balaban J connectivity index is 2.17. The van der Waals surface area contributed by atoms with Crippen LogP contribution >= 0.6 is 0 Å². The van der Waals surface area contributed by atoms with Crippen LogP contribution in [-0.2, 0) is 0 Å². The second-order valence-corrected chi connectivity index (χ2v) is 2.67.